The van der Waals surface area contributed by atoms with Crippen molar-refractivity contribution in [2.45, 2.75) is 6.92 Å². The molecule has 10 heteroatoms. The molecule has 180 valence electrons. The number of methoxy groups -OCH3 is 1. The van der Waals surface area contributed by atoms with Crippen LogP contribution < -0.4 is 15.5 Å². The van der Waals surface area contributed by atoms with Gasteiger partial charge in [0, 0.05) is 5.56 Å². The van der Waals surface area contributed by atoms with Gasteiger partial charge in [-0.15, -0.1) is 5.10 Å². The first kappa shape index (κ1) is 24.0. The second-order valence-corrected chi connectivity index (χ2v) is 7.59. The highest BCUT2D eigenvalue weighted by atomic mass is 16.5. The predicted molar refractivity (Wildman–Crippen MR) is 134 cm³/mol. The van der Waals surface area contributed by atoms with Crippen molar-refractivity contribution in [2.24, 2.45) is 5.10 Å². The van der Waals surface area contributed by atoms with Crippen molar-refractivity contribution in [1.29, 1.82) is 0 Å². The topological polar surface area (TPSA) is 123 Å². The van der Waals surface area contributed by atoms with Crippen LogP contribution in [-0.2, 0) is 4.79 Å². The zero-order chi connectivity index (χ0) is 25.3. The van der Waals surface area contributed by atoms with E-state index in [9.17, 15) is 9.59 Å². The third-order valence-corrected chi connectivity index (χ3v) is 5.18. The van der Waals surface area contributed by atoms with Gasteiger partial charge in [-0.25, -0.2) is 10.1 Å². The van der Waals surface area contributed by atoms with Crippen molar-refractivity contribution < 1.29 is 14.3 Å². The lowest BCUT2D eigenvalue weighted by atomic mass is 10.1. The van der Waals surface area contributed by atoms with Crippen LogP contribution in [-0.4, -0.2) is 44.8 Å². The first-order valence-corrected chi connectivity index (χ1v) is 10.9. The van der Waals surface area contributed by atoms with E-state index in [-0.39, 0.29) is 5.70 Å². The van der Waals surface area contributed by atoms with Crippen LogP contribution in [0.25, 0.3) is 11.8 Å². The number of carbonyl (C=O) groups excluding carboxylic acids is 2. The highest BCUT2D eigenvalue weighted by Crippen LogP contribution is 2.14. The van der Waals surface area contributed by atoms with Gasteiger partial charge < -0.3 is 10.1 Å². The lowest BCUT2D eigenvalue weighted by Crippen LogP contribution is -2.33. The van der Waals surface area contributed by atoms with Gasteiger partial charge in [-0.3, -0.25) is 9.59 Å². The molecular weight excluding hydrogens is 458 g/mol. The van der Waals surface area contributed by atoms with Crippen LogP contribution >= 0.6 is 0 Å². The molecule has 0 atom stereocenters. The number of aromatic nitrogens is 4. The summed E-state index contributed by atoms with van der Waals surface area (Å²) < 4.78 is 6.71. The van der Waals surface area contributed by atoms with Crippen LogP contribution in [0.3, 0.4) is 0 Å². The Kier molecular flexibility index (Phi) is 7.57. The van der Waals surface area contributed by atoms with E-state index in [2.05, 4.69) is 31.4 Å². The van der Waals surface area contributed by atoms with E-state index in [4.69, 9.17) is 4.74 Å². The Hall–Kier alpha value is -5.12. The molecule has 0 unspecified atom stereocenters. The fourth-order valence-electron chi connectivity index (χ4n) is 3.20. The lowest BCUT2D eigenvalue weighted by Gasteiger charge is -2.10. The van der Waals surface area contributed by atoms with Gasteiger partial charge >= 0.3 is 0 Å². The first-order chi connectivity index (χ1) is 17.5. The molecule has 0 radical (unpaired) electrons. The van der Waals surface area contributed by atoms with Crippen LogP contribution in [0.4, 0.5) is 0 Å². The summed E-state index contributed by atoms with van der Waals surface area (Å²) in [6, 6.07) is 23.1. The number of rotatable bonds is 8. The number of nitrogens with zero attached hydrogens (tertiary/aromatic N) is 5. The minimum atomic E-state index is -0.570. The van der Waals surface area contributed by atoms with Gasteiger partial charge in [0.1, 0.15) is 17.8 Å². The summed E-state index contributed by atoms with van der Waals surface area (Å²) in [5.41, 5.74) is 5.85. The summed E-state index contributed by atoms with van der Waals surface area (Å²) in [7, 11) is 1.57. The van der Waals surface area contributed by atoms with E-state index in [1.807, 2.05) is 30.3 Å². The summed E-state index contributed by atoms with van der Waals surface area (Å²) in [5.74, 6) is -0.304. The first-order valence-electron chi connectivity index (χ1n) is 10.9. The fourth-order valence-corrected chi connectivity index (χ4v) is 3.20. The van der Waals surface area contributed by atoms with E-state index in [0.717, 1.165) is 11.3 Å². The molecule has 3 aromatic carbocycles. The van der Waals surface area contributed by atoms with Crippen molar-refractivity contribution in [2.75, 3.05) is 7.11 Å². The number of benzene rings is 3. The summed E-state index contributed by atoms with van der Waals surface area (Å²) >= 11 is 0. The summed E-state index contributed by atoms with van der Waals surface area (Å²) in [5, 5.41) is 18.0. The monoisotopic (exact) mass is 481 g/mol. The van der Waals surface area contributed by atoms with E-state index >= 15 is 0 Å². The molecule has 36 heavy (non-hydrogen) atoms. The van der Waals surface area contributed by atoms with Crippen molar-refractivity contribution in [3.05, 3.63) is 108 Å². The maximum absolute atomic E-state index is 13.0. The second-order valence-electron chi connectivity index (χ2n) is 7.59. The van der Waals surface area contributed by atoms with Gasteiger partial charge in [0.2, 0.25) is 0 Å². The number of amides is 2. The highest BCUT2D eigenvalue weighted by molar-refractivity contribution is 6.06. The normalized spacial score (nSPS) is 11.6. The Morgan fingerprint density at radius 3 is 2.31 bits per heavy atom. The number of hydrazone groups is 1. The van der Waals surface area contributed by atoms with Gasteiger partial charge in [-0.05, 0) is 71.0 Å². The van der Waals surface area contributed by atoms with Crippen molar-refractivity contribution >= 4 is 23.6 Å². The van der Waals surface area contributed by atoms with Crippen molar-refractivity contribution in [3.63, 3.8) is 0 Å². The minimum Gasteiger partial charge on any atom is -0.497 e. The van der Waals surface area contributed by atoms with E-state index in [1.54, 1.807) is 68.6 Å². The number of carbonyl (C=O) groups is 2. The van der Waals surface area contributed by atoms with E-state index in [0.29, 0.717) is 22.6 Å². The largest absolute Gasteiger partial charge is 0.497 e. The van der Waals surface area contributed by atoms with Gasteiger partial charge in [-0.2, -0.15) is 5.10 Å². The van der Waals surface area contributed by atoms with Crippen LogP contribution in [0.2, 0.25) is 0 Å². The predicted octanol–water partition coefficient (Wildman–Crippen LogP) is 2.98. The molecule has 2 amide bonds. The minimum absolute atomic E-state index is 0.0413. The molecule has 0 bridgehead atoms. The molecule has 4 aromatic rings. The molecule has 10 nitrogen and oxygen atoms in total. The molecule has 0 spiro atoms. The molecule has 1 aromatic heterocycles. The number of hydrogen-bond acceptors (Lipinski definition) is 7. The van der Waals surface area contributed by atoms with E-state index < -0.39 is 11.8 Å². The highest BCUT2D eigenvalue weighted by Gasteiger charge is 2.15. The fraction of sp³-hybridized carbons (Fsp3) is 0.0769. The molecule has 0 aliphatic carbocycles. The Morgan fingerprint density at radius 2 is 1.67 bits per heavy atom. The van der Waals surface area contributed by atoms with Crippen molar-refractivity contribution in [1.82, 2.24) is 30.9 Å². The Morgan fingerprint density at radius 1 is 0.944 bits per heavy atom. The third-order valence-electron chi connectivity index (χ3n) is 5.18. The van der Waals surface area contributed by atoms with Crippen LogP contribution in [0.1, 0.15) is 28.4 Å². The molecule has 0 saturated heterocycles. The summed E-state index contributed by atoms with van der Waals surface area (Å²) in [6.45, 7) is 1.77. The Balaban J connectivity index is 1.53. The lowest BCUT2D eigenvalue weighted by molar-refractivity contribution is -0.117. The Labute approximate surface area is 207 Å². The second kappa shape index (κ2) is 11.3. The SMILES string of the molecule is COc1ccc(/C=C(/NC(=O)c2ccccc2)C(=O)NN=C(C)c2ccc(-n3cnnn3)cc2)cc1. The number of hydrogen-bond donors (Lipinski definition) is 2. The summed E-state index contributed by atoms with van der Waals surface area (Å²) in [4.78, 5) is 25.8. The van der Waals surface area contributed by atoms with Crippen molar-refractivity contribution in [3.8, 4) is 11.4 Å². The smallest absolute Gasteiger partial charge is 0.287 e. The van der Waals surface area contributed by atoms with Gasteiger partial charge in [0.15, 0.2) is 0 Å². The molecule has 1 heterocycles. The summed E-state index contributed by atoms with van der Waals surface area (Å²) in [6.07, 6.45) is 3.07. The number of tetrazole rings is 1. The zero-order valence-electron chi connectivity index (χ0n) is 19.6. The van der Waals surface area contributed by atoms with E-state index in [1.165, 1.54) is 11.0 Å². The van der Waals surface area contributed by atoms with Crippen LogP contribution in [0.15, 0.2) is 96.0 Å². The maximum Gasteiger partial charge on any atom is 0.287 e. The zero-order valence-corrected chi connectivity index (χ0v) is 19.6. The molecular formula is C26H23N7O3. The molecule has 2 N–H and O–H groups in total. The van der Waals surface area contributed by atoms with Gasteiger partial charge in [0.25, 0.3) is 11.8 Å². The average molecular weight is 482 g/mol. The number of ether oxygens (including phenoxy) is 1. The van der Waals surface area contributed by atoms with Gasteiger partial charge in [0.05, 0.1) is 18.5 Å². The number of nitrogens with one attached hydrogen (secondary N) is 2. The maximum atomic E-state index is 13.0. The van der Waals surface area contributed by atoms with Crippen LogP contribution in [0.5, 0.6) is 5.75 Å². The molecule has 0 saturated carbocycles. The molecule has 0 fully saturated rings. The van der Waals surface area contributed by atoms with Gasteiger partial charge in [-0.1, -0.05) is 42.5 Å². The molecule has 4 rings (SSSR count). The molecule has 0 aliphatic rings. The Bertz CT molecular complexity index is 1380. The standard InChI is InChI=1S/C26H23N7O3/c1-18(20-10-12-22(13-11-20)33-17-27-31-32-33)29-30-26(35)24(16-19-8-14-23(36-2)15-9-19)28-25(34)21-6-4-3-5-7-21/h3-17H,1-2H3,(H,28,34)(H,30,35)/b24-16+,29-18?. The quantitative estimate of drug-likeness (QED) is 0.227. The third kappa shape index (κ3) is 6.06. The average Bonchev–Trinajstić information content (AvgIpc) is 3.47. The molecule has 0 aliphatic heterocycles. The van der Waals surface area contributed by atoms with Crippen LogP contribution in [0, 0.1) is 0 Å².